The van der Waals surface area contributed by atoms with Gasteiger partial charge in [-0.1, -0.05) is 35.9 Å². The van der Waals surface area contributed by atoms with Crippen molar-refractivity contribution >= 4 is 28.3 Å². The van der Waals surface area contributed by atoms with Gasteiger partial charge < -0.3 is 5.32 Å². The van der Waals surface area contributed by atoms with Crippen molar-refractivity contribution in [2.75, 3.05) is 0 Å². The minimum atomic E-state index is -0.416. The molecule has 6 nitrogen and oxygen atoms in total. The van der Waals surface area contributed by atoms with Gasteiger partial charge in [-0.25, -0.2) is 4.68 Å². The van der Waals surface area contributed by atoms with E-state index in [4.69, 9.17) is 11.6 Å². The maximum absolute atomic E-state index is 12.4. The first-order valence-corrected chi connectivity index (χ1v) is 8.10. The Bertz CT molecular complexity index is 1060. The minimum absolute atomic E-state index is 0.274. The van der Waals surface area contributed by atoms with Gasteiger partial charge in [0.2, 0.25) is 5.91 Å². The van der Waals surface area contributed by atoms with E-state index in [1.54, 1.807) is 42.5 Å². The lowest BCUT2D eigenvalue weighted by Gasteiger charge is -2.15. The quantitative estimate of drug-likeness (QED) is 0.751. The molecule has 2 aromatic carbocycles. The Morgan fingerprint density at radius 3 is 2.60 bits per heavy atom. The second-order valence-electron chi connectivity index (χ2n) is 5.72. The molecule has 1 atom stereocenters. The van der Waals surface area contributed by atoms with Crippen LogP contribution in [0.2, 0.25) is 5.02 Å². The highest BCUT2D eigenvalue weighted by molar-refractivity contribution is 6.30. The van der Waals surface area contributed by atoms with Gasteiger partial charge in [-0.3, -0.25) is 19.5 Å². The number of halogens is 1. The fraction of sp³-hybridized carbons (Fsp3) is 0.167. The molecule has 0 aliphatic heterocycles. The maximum Gasteiger partial charge on any atom is 0.273 e. The zero-order chi connectivity index (χ0) is 18.0. The van der Waals surface area contributed by atoms with E-state index in [2.05, 4.69) is 10.4 Å². The predicted octanol–water partition coefficient (Wildman–Crippen LogP) is 2.22. The molecular formula is C18H16ClN3O3. The maximum atomic E-state index is 12.4. The Balaban J connectivity index is 1.82. The Morgan fingerprint density at radius 1 is 1.16 bits per heavy atom. The molecule has 0 saturated carbocycles. The summed E-state index contributed by atoms with van der Waals surface area (Å²) in [6.07, 6.45) is 0. The SMILES string of the molecule is CC(NC(=O)Cn1[nH]c(=O)c2ccccc2c1=O)c1cccc(Cl)c1. The molecule has 0 radical (unpaired) electrons. The van der Waals surface area contributed by atoms with Crippen LogP contribution < -0.4 is 16.4 Å². The second kappa shape index (κ2) is 6.94. The van der Waals surface area contributed by atoms with Crippen molar-refractivity contribution in [1.29, 1.82) is 0 Å². The van der Waals surface area contributed by atoms with Crippen LogP contribution in [-0.2, 0) is 11.3 Å². The number of aromatic amines is 1. The van der Waals surface area contributed by atoms with Gasteiger partial charge in [0.1, 0.15) is 6.54 Å². The molecule has 25 heavy (non-hydrogen) atoms. The number of H-pyrrole nitrogens is 1. The van der Waals surface area contributed by atoms with Crippen LogP contribution in [0.1, 0.15) is 18.5 Å². The topological polar surface area (TPSA) is 84.0 Å². The standard InChI is InChI=1S/C18H16ClN3O3/c1-11(12-5-4-6-13(19)9-12)20-16(23)10-22-18(25)15-8-3-2-7-14(15)17(24)21-22/h2-9,11H,10H2,1H3,(H,20,23)(H,21,24). The second-order valence-corrected chi connectivity index (χ2v) is 6.16. The zero-order valence-corrected chi connectivity index (χ0v) is 14.2. The molecule has 1 unspecified atom stereocenters. The number of nitrogens with zero attached hydrogens (tertiary/aromatic N) is 1. The first-order valence-electron chi connectivity index (χ1n) is 7.72. The average molecular weight is 358 g/mol. The summed E-state index contributed by atoms with van der Waals surface area (Å²) in [4.78, 5) is 36.7. The van der Waals surface area contributed by atoms with Gasteiger partial charge in [0, 0.05) is 5.02 Å². The van der Waals surface area contributed by atoms with E-state index < -0.39 is 11.1 Å². The van der Waals surface area contributed by atoms with Crippen molar-refractivity contribution in [3.63, 3.8) is 0 Å². The van der Waals surface area contributed by atoms with Crippen LogP contribution in [-0.4, -0.2) is 15.7 Å². The molecule has 0 fully saturated rings. The number of nitrogens with one attached hydrogen (secondary N) is 2. The zero-order valence-electron chi connectivity index (χ0n) is 13.5. The molecule has 0 saturated heterocycles. The summed E-state index contributed by atoms with van der Waals surface area (Å²) in [5.74, 6) is -0.388. The third-order valence-corrected chi connectivity index (χ3v) is 4.15. The Labute approximate surface area is 148 Å². The van der Waals surface area contributed by atoms with Gasteiger partial charge in [0.15, 0.2) is 0 Å². The van der Waals surface area contributed by atoms with Crippen molar-refractivity contribution < 1.29 is 4.79 Å². The van der Waals surface area contributed by atoms with Gasteiger partial charge in [0.05, 0.1) is 16.8 Å². The fourth-order valence-electron chi connectivity index (χ4n) is 2.65. The summed E-state index contributed by atoms with van der Waals surface area (Å²) < 4.78 is 1.02. The van der Waals surface area contributed by atoms with E-state index in [-0.39, 0.29) is 23.9 Å². The van der Waals surface area contributed by atoms with E-state index in [9.17, 15) is 14.4 Å². The number of carbonyl (C=O) groups excluding carboxylic acids is 1. The lowest BCUT2D eigenvalue weighted by Crippen LogP contribution is -2.37. The number of aromatic nitrogens is 2. The smallest absolute Gasteiger partial charge is 0.273 e. The Hall–Kier alpha value is -2.86. The van der Waals surface area contributed by atoms with Gasteiger partial charge in [-0.2, -0.15) is 0 Å². The lowest BCUT2D eigenvalue weighted by molar-refractivity contribution is -0.122. The number of rotatable bonds is 4. The summed E-state index contributed by atoms with van der Waals surface area (Å²) >= 11 is 5.95. The van der Waals surface area contributed by atoms with Crippen LogP contribution in [0.4, 0.5) is 0 Å². The van der Waals surface area contributed by atoms with Crippen LogP contribution >= 0.6 is 11.6 Å². The molecule has 1 amide bonds. The van der Waals surface area contributed by atoms with Crippen LogP contribution in [0.15, 0.2) is 58.1 Å². The van der Waals surface area contributed by atoms with Crippen LogP contribution in [0.5, 0.6) is 0 Å². The molecule has 3 rings (SSSR count). The van der Waals surface area contributed by atoms with E-state index in [0.29, 0.717) is 10.4 Å². The largest absolute Gasteiger partial charge is 0.348 e. The van der Waals surface area contributed by atoms with Crippen LogP contribution in [0.3, 0.4) is 0 Å². The number of amides is 1. The summed E-state index contributed by atoms with van der Waals surface area (Å²) in [5, 5.41) is 6.38. The van der Waals surface area contributed by atoms with Crippen LogP contribution in [0.25, 0.3) is 10.8 Å². The third kappa shape index (κ3) is 3.64. The fourth-order valence-corrected chi connectivity index (χ4v) is 2.85. The predicted molar refractivity (Wildman–Crippen MR) is 96.8 cm³/mol. The lowest BCUT2D eigenvalue weighted by atomic mass is 10.1. The highest BCUT2D eigenvalue weighted by Gasteiger charge is 2.13. The Morgan fingerprint density at radius 2 is 1.88 bits per heavy atom. The molecule has 3 aromatic rings. The summed E-state index contributed by atoms with van der Waals surface area (Å²) in [6.45, 7) is 1.54. The van der Waals surface area contributed by atoms with Gasteiger partial charge in [-0.15, -0.1) is 0 Å². The third-order valence-electron chi connectivity index (χ3n) is 3.91. The van der Waals surface area contributed by atoms with E-state index >= 15 is 0 Å². The number of fused-ring (bicyclic) bond motifs is 1. The summed E-state index contributed by atoms with van der Waals surface area (Å²) in [7, 11) is 0. The van der Waals surface area contributed by atoms with Gasteiger partial charge in [-0.05, 0) is 36.8 Å². The molecular weight excluding hydrogens is 342 g/mol. The number of hydrogen-bond donors (Lipinski definition) is 2. The monoisotopic (exact) mass is 357 g/mol. The van der Waals surface area contributed by atoms with Crippen molar-refractivity contribution in [3.05, 3.63) is 79.8 Å². The van der Waals surface area contributed by atoms with Crippen molar-refractivity contribution in [1.82, 2.24) is 15.1 Å². The first kappa shape index (κ1) is 17.0. The molecule has 128 valence electrons. The van der Waals surface area contributed by atoms with Crippen LogP contribution in [0, 0.1) is 0 Å². The highest BCUT2D eigenvalue weighted by atomic mass is 35.5. The molecule has 0 aliphatic carbocycles. The summed E-state index contributed by atoms with van der Waals surface area (Å²) in [6, 6.07) is 13.4. The number of carbonyl (C=O) groups is 1. The minimum Gasteiger partial charge on any atom is -0.348 e. The van der Waals surface area contributed by atoms with E-state index in [1.165, 1.54) is 0 Å². The molecule has 0 bridgehead atoms. The number of benzene rings is 2. The molecule has 0 aliphatic rings. The first-order chi connectivity index (χ1) is 12.0. The molecule has 7 heteroatoms. The molecule has 0 spiro atoms. The number of hydrogen-bond acceptors (Lipinski definition) is 3. The van der Waals surface area contributed by atoms with E-state index in [0.717, 1.165) is 10.2 Å². The Kier molecular flexibility index (Phi) is 4.72. The van der Waals surface area contributed by atoms with Gasteiger partial charge in [0.25, 0.3) is 11.1 Å². The van der Waals surface area contributed by atoms with Crippen molar-refractivity contribution in [2.45, 2.75) is 19.5 Å². The normalized spacial score (nSPS) is 12.1. The summed E-state index contributed by atoms with van der Waals surface area (Å²) in [5.41, 5.74) is 0.0202. The molecule has 2 N–H and O–H groups in total. The molecule has 1 aromatic heterocycles. The van der Waals surface area contributed by atoms with E-state index in [1.807, 2.05) is 13.0 Å². The average Bonchev–Trinajstić information content (AvgIpc) is 2.59. The molecule has 1 heterocycles. The highest BCUT2D eigenvalue weighted by Crippen LogP contribution is 2.17. The van der Waals surface area contributed by atoms with Crippen molar-refractivity contribution in [3.8, 4) is 0 Å². The van der Waals surface area contributed by atoms with Gasteiger partial charge >= 0.3 is 0 Å². The van der Waals surface area contributed by atoms with Crippen molar-refractivity contribution in [2.24, 2.45) is 0 Å².